The van der Waals surface area contributed by atoms with Crippen LogP contribution in [0.1, 0.15) is 42.8 Å². The third-order valence-corrected chi connectivity index (χ3v) is 5.23. The first-order valence-corrected chi connectivity index (χ1v) is 10.4. The van der Waals surface area contributed by atoms with Gasteiger partial charge in [0, 0.05) is 38.6 Å². The second-order valence-electron chi connectivity index (χ2n) is 7.27. The second kappa shape index (κ2) is 12.2. The van der Waals surface area contributed by atoms with E-state index in [0.29, 0.717) is 0 Å². The summed E-state index contributed by atoms with van der Waals surface area (Å²) in [5.74, 6) is 2.08. The van der Waals surface area contributed by atoms with Gasteiger partial charge in [0.1, 0.15) is 11.9 Å². The van der Waals surface area contributed by atoms with Gasteiger partial charge in [-0.25, -0.2) is 4.98 Å². The number of imidazole rings is 1. The molecule has 0 amide bonds. The molecule has 160 valence electrons. The number of nitrogens with zero attached hydrogens (tertiary/aromatic N) is 4. The standard InChI is InChI=1S/C22H33N5O.HI/c1-4-23-22(25-11-7-8-13-26-14-12-24-19(26)3)27-15-16-28-21(17-27)20-10-6-5-9-18(20)2;/h5-6,9-10,12,14,21H,4,7-8,11,13,15-17H2,1-3H3,(H,23,25);1H. The highest BCUT2D eigenvalue weighted by molar-refractivity contribution is 14.0. The zero-order chi connectivity index (χ0) is 19.8. The Hall–Kier alpha value is -1.61. The van der Waals surface area contributed by atoms with Crippen LogP contribution in [0.4, 0.5) is 0 Å². The number of benzene rings is 1. The van der Waals surface area contributed by atoms with E-state index < -0.39 is 0 Å². The van der Waals surface area contributed by atoms with E-state index in [1.807, 2.05) is 19.3 Å². The molecular weight excluding hydrogens is 477 g/mol. The van der Waals surface area contributed by atoms with Crippen LogP contribution < -0.4 is 5.32 Å². The molecule has 1 fully saturated rings. The zero-order valence-corrected chi connectivity index (χ0v) is 20.1. The number of nitrogens with one attached hydrogen (secondary N) is 1. The Kier molecular flexibility index (Phi) is 9.93. The Morgan fingerprint density at radius 2 is 2.10 bits per heavy atom. The summed E-state index contributed by atoms with van der Waals surface area (Å²) in [7, 11) is 0. The van der Waals surface area contributed by atoms with Crippen molar-refractivity contribution in [3.05, 3.63) is 53.6 Å². The van der Waals surface area contributed by atoms with Crippen molar-refractivity contribution in [1.82, 2.24) is 19.8 Å². The molecule has 1 saturated heterocycles. The Labute approximate surface area is 191 Å². The van der Waals surface area contributed by atoms with Gasteiger partial charge < -0.3 is 19.5 Å². The summed E-state index contributed by atoms with van der Waals surface area (Å²) in [6, 6.07) is 8.49. The van der Waals surface area contributed by atoms with E-state index in [1.54, 1.807) is 0 Å². The van der Waals surface area contributed by atoms with Crippen molar-refractivity contribution in [2.24, 2.45) is 4.99 Å². The van der Waals surface area contributed by atoms with E-state index in [1.165, 1.54) is 11.1 Å². The molecule has 6 nitrogen and oxygen atoms in total. The van der Waals surface area contributed by atoms with Crippen LogP contribution >= 0.6 is 24.0 Å². The van der Waals surface area contributed by atoms with Crippen LogP contribution in [-0.4, -0.2) is 53.2 Å². The van der Waals surface area contributed by atoms with Gasteiger partial charge in [0.2, 0.25) is 0 Å². The highest BCUT2D eigenvalue weighted by Crippen LogP contribution is 2.25. The predicted molar refractivity (Wildman–Crippen MR) is 129 cm³/mol. The Morgan fingerprint density at radius 3 is 2.83 bits per heavy atom. The Morgan fingerprint density at radius 1 is 1.28 bits per heavy atom. The van der Waals surface area contributed by atoms with Gasteiger partial charge in [-0.15, -0.1) is 24.0 Å². The van der Waals surface area contributed by atoms with Crippen molar-refractivity contribution in [1.29, 1.82) is 0 Å². The quantitative estimate of drug-likeness (QED) is 0.265. The lowest BCUT2D eigenvalue weighted by Crippen LogP contribution is -2.48. The highest BCUT2D eigenvalue weighted by Gasteiger charge is 2.25. The highest BCUT2D eigenvalue weighted by atomic mass is 127. The second-order valence-corrected chi connectivity index (χ2v) is 7.27. The lowest BCUT2D eigenvalue weighted by molar-refractivity contribution is -0.00832. The minimum Gasteiger partial charge on any atom is -0.370 e. The third-order valence-electron chi connectivity index (χ3n) is 5.23. The fourth-order valence-corrected chi connectivity index (χ4v) is 3.62. The topological polar surface area (TPSA) is 54.7 Å². The van der Waals surface area contributed by atoms with Crippen LogP contribution in [0.3, 0.4) is 0 Å². The molecule has 0 aliphatic carbocycles. The molecule has 1 aliphatic heterocycles. The van der Waals surface area contributed by atoms with Crippen molar-refractivity contribution >= 4 is 29.9 Å². The Balaban J connectivity index is 0.00000300. The number of hydrogen-bond donors (Lipinski definition) is 1. The molecule has 1 N–H and O–H groups in total. The number of aromatic nitrogens is 2. The van der Waals surface area contributed by atoms with Gasteiger partial charge in [-0.2, -0.15) is 0 Å². The molecule has 1 aliphatic rings. The number of rotatable bonds is 7. The number of aryl methyl sites for hydroxylation is 3. The van der Waals surface area contributed by atoms with Crippen LogP contribution in [-0.2, 0) is 11.3 Å². The van der Waals surface area contributed by atoms with Gasteiger partial charge in [-0.05, 0) is 44.7 Å². The predicted octanol–water partition coefficient (Wildman–Crippen LogP) is 3.94. The first-order chi connectivity index (χ1) is 13.7. The van der Waals surface area contributed by atoms with E-state index in [2.05, 4.69) is 57.9 Å². The van der Waals surface area contributed by atoms with Gasteiger partial charge in [0.25, 0.3) is 0 Å². The lowest BCUT2D eigenvalue weighted by atomic mass is 10.0. The monoisotopic (exact) mass is 511 g/mol. The van der Waals surface area contributed by atoms with Crippen molar-refractivity contribution in [2.45, 2.75) is 46.3 Å². The Bertz CT molecular complexity index is 776. The molecule has 2 heterocycles. The van der Waals surface area contributed by atoms with Crippen LogP contribution in [0, 0.1) is 13.8 Å². The molecular formula is C22H34IN5O. The first-order valence-electron chi connectivity index (χ1n) is 10.4. The van der Waals surface area contributed by atoms with E-state index in [9.17, 15) is 0 Å². The van der Waals surface area contributed by atoms with Gasteiger partial charge in [0.15, 0.2) is 5.96 Å². The number of guanidine groups is 1. The summed E-state index contributed by atoms with van der Waals surface area (Å²) >= 11 is 0. The fraction of sp³-hybridized carbons (Fsp3) is 0.545. The SMILES string of the molecule is CCNC(=NCCCCn1ccnc1C)N1CCOC(c2ccccc2C)C1.I. The van der Waals surface area contributed by atoms with Gasteiger partial charge >= 0.3 is 0 Å². The van der Waals surface area contributed by atoms with Crippen molar-refractivity contribution in [3.63, 3.8) is 0 Å². The summed E-state index contributed by atoms with van der Waals surface area (Å²) < 4.78 is 8.26. The molecule has 2 aromatic rings. The zero-order valence-electron chi connectivity index (χ0n) is 17.8. The number of hydrogen-bond acceptors (Lipinski definition) is 3. The molecule has 0 spiro atoms. The minimum atomic E-state index is 0. The van der Waals surface area contributed by atoms with Crippen LogP contribution in [0.2, 0.25) is 0 Å². The van der Waals surface area contributed by atoms with E-state index >= 15 is 0 Å². The summed E-state index contributed by atoms with van der Waals surface area (Å²) in [6.45, 7) is 11.5. The number of ether oxygens (including phenoxy) is 1. The maximum absolute atomic E-state index is 6.07. The normalized spacial score (nSPS) is 17.1. The van der Waals surface area contributed by atoms with Crippen LogP contribution in [0.25, 0.3) is 0 Å². The number of unbranched alkanes of at least 4 members (excludes halogenated alkanes) is 1. The van der Waals surface area contributed by atoms with Crippen molar-refractivity contribution < 1.29 is 4.74 Å². The molecule has 1 aromatic carbocycles. The van der Waals surface area contributed by atoms with Gasteiger partial charge in [-0.1, -0.05) is 24.3 Å². The maximum atomic E-state index is 6.07. The van der Waals surface area contributed by atoms with Crippen molar-refractivity contribution in [2.75, 3.05) is 32.8 Å². The third kappa shape index (κ3) is 6.70. The molecule has 0 radical (unpaired) electrons. The van der Waals surface area contributed by atoms with Gasteiger partial charge in [0.05, 0.1) is 13.2 Å². The molecule has 0 bridgehead atoms. The average Bonchev–Trinajstić information content (AvgIpc) is 3.12. The van der Waals surface area contributed by atoms with Crippen molar-refractivity contribution in [3.8, 4) is 0 Å². The number of morpholine rings is 1. The molecule has 29 heavy (non-hydrogen) atoms. The summed E-state index contributed by atoms with van der Waals surface area (Å²) in [4.78, 5) is 11.5. The fourth-order valence-electron chi connectivity index (χ4n) is 3.62. The molecule has 7 heteroatoms. The lowest BCUT2D eigenvalue weighted by Gasteiger charge is -2.35. The molecule has 1 aromatic heterocycles. The average molecular weight is 511 g/mol. The first kappa shape index (κ1) is 23.7. The van der Waals surface area contributed by atoms with Gasteiger partial charge in [-0.3, -0.25) is 4.99 Å². The smallest absolute Gasteiger partial charge is 0.194 e. The maximum Gasteiger partial charge on any atom is 0.194 e. The number of aliphatic imine (C=N–C) groups is 1. The molecule has 1 unspecified atom stereocenters. The minimum absolute atomic E-state index is 0. The van der Waals surface area contributed by atoms with E-state index in [0.717, 1.165) is 64.0 Å². The molecule has 1 atom stereocenters. The van der Waals surface area contributed by atoms with E-state index in [4.69, 9.17) is 9.73 Å². The largest absolute Gasteiger partial charge is 0.370 e. The summed E-state index contributed by atoms with van der Waals surface area (Å²) in [6.07, 6.45) is 6.18. The van der Waals surface area contributed by atoms with Crippen LogP contribution in [0.5, 0.6) is 0 Å². The summed E-state index contributed by atoms with van der Waals surface area (Å²) in [5.41, 5.74) is 2.56. The summed E-state index contributed by atoms with van der Waals surface area (Å²) in [5, 5.41) is 3.46. The number of halogens is 1. The van der Waals surface area contributed by atoms with Crippen LogP contribution in [0.15, 0.2) is 41.7 Å². The molecule has 3 rings (SSSR count). The molecule has 0 saturated carbocycles. The van der Waals surface area contributed by atoms with E-state index in [-0.39, 0.29) is 30.1 Å².